The Morgan fingerprint density at radius 3 is 2.27 bits per heavy atom. The number of carbonyl (C=O) groups is 3. The second kappa shape index (κ2) is 7.35. The Bertz CT molecular complexity index is 832. The molecule has 1 saturated carbocycles. The van der Waals surface area contributed by atoms with Crippen molar-refractivity contribution in [1.29, 1.82) is 0 Å². The molecule has 0 atom stereocenters. The van der Waals surface area contributed by atoms with E-state index < -0.39 is 11.4 Å². The zero-order chi connectivity index (χ0) is 18.6. The highest BCUT2D eigenvalue weighted by Crippen LogP contribution is 2.44. The summed E-state index contributed by atoms with van der Waals surface area (Å²) in [5.74, 6) is -1.54. The third-order valence-corrected chi connectivity index (χ3v) is 4.61. The molecule has 0 unspecified atom stereocenters. The van der Waals surface area contributed by atoms with Gasteiger partial charge in [-0.15, -0.1) is 0 Å². The normalized spacial score (nSPS) is 14.8. The molecule has 3 N–H and O–H groups in total. The molecule has 26 heavy (non-hydrogen) atoms. The average molecular weight is 353 g/mol. The van der Waals surface area contributed by atoms with Gasteiger partial charge < -0.3 is 15.7 Å². The molecule has 1 aromatic carbocycles. The summed E-state index contributed by atoms with van der Waals surface area (Å²) in [6.07, 6.45) is 4.90. The molecule has 7 nitrogen and oxygen atoms in total. The van der Waals surface area contributed by atoms with Crippen molar-refractivity contribution in [2.75, 3.05) is 10.6 Å². The number of carboxylic acid groups (broad SMARTS) is 1. The number of nitrogens with zero attached hydrogens (tertiary/aromatic N) is 1. The Labute approximate surface area is 150 Å². The van der Waals surface area contributed by atoms with Crippen LogP contribution in [0, 0.1) is 5.41 Å². The summed E-state index contributed by atoms with van der Waals surface area (Å²) >= 11 is 0. The van der Waals surface area contributed by atoms with Gasteiger partial charge in [-0.3, -0.25) is 19.4 Å². The van der Waals surface area contributed by atoms with Crippen molar-refractivity contribution in [3.8, 4) is 0 Å². The number of amides is 2. The Morgan fingerprint density at radius 2 is 1.69 bits per heavy atom. The number of carboxylic acids is 1. The van der Waals surface area contributed by atoms with Crippen molar-refractivity contribution < 1.29 is 19.5 Å². The van der Waals surface area contributed by atoms with E-state index in [4.69, 9.17) is 0 Å². The highest BCUT2D eigenvalue weighted by Gasteiger charge is 2.45. The van der Waals surface area contributed by atoms with Crippen LogP contribution in [0.3, 0.4) is 0 Å². The lowest BCUT2D eigenvalue weighted by Gasteiger charge is -2.36. The SMILES string of the molecule is O=C(CC1(C(=O)O)CCC1)Nc1cccc(NC(=O)c2ccncc2)c1. The van der Waals surface area contributed by atoms with Crippen LogP contribution in [0.5, 0.6) is 0 Å². The lowest BCUT2D eigenvalue weighted by Crippen LogP contribution is -2.41. The molecule has 1 fully saturated rings. The lowest BCUT2D eigenvalue weighted by atomic mass is 9.66. The number of aliphatic carboxylic acids is 1. The molecule has 0 aliphatic heterocycles. The first kappa shape index (κ1) is 17.6. The van der Waals surface area contributed by atoms with Crippen LogP contribution in [0.15, 0.2) is 48.8 Å². The van der Waals surface area contributed by atoms with E-state index in [1.165, 1.54) is 12.4 Å². The molecule has 0 radical (unpaired) electrons. The van der Waals surface area contributed by atoms with Crippen LogP contribution in [0.4, 0.5) is 11.4 Å². The Hall–Kier alpha value is -3.22. The lowest BCUT2D eigenvalue weighted by molar-refractivity contribution is -0.157. The van der Waals surface area contributed by atoms with Crippen LogP contribution in [0.25, 0.3) is 0 Å². The summed E-state index contributed by atoms with van der Waals surface area (Å²) in [5, 5.41) is 14.8. The quantitative estimate of drug-likeness (QED) is 0.740. The van der Waals surface area contributed by atoms with Gasteiger partial charge in [0.2, 0.25) is 5.91 Å². The zero-order valence-corrected chi connectivity index (χ0v) is 14.1. The molecule has 2 amide bonds. The Kier molecular flexibility index (Phi) is 4.97. The van der Waals surface area contributed by atoms with E-state index in [2.05, 4.69) is 15.6 Å². The van der Waals surface area contributed by atoms with Crippen molar-refractivity contribution in [1.82, 2.24) is 4.98 Å². The van der Waals surface area contributed by atoms with Gasteiger partial charge in [0, 0.05) is 35.8 Å². The van der Waals surface area contributed by atoms with E-state index in [-0.39, 0.29) is 18.2 Å². The molecule has 1 aliphatic carbocycles. The number of aromatic nitrogens is 1. The van der Waals surface area contributed by atoms with Gasteiger partial charge in [0.05, 0.1) is 5.41 Å². The molecular formula is C19H19N3O4. The van der Waals surface area contributed by atoms with Gasteiger partial charge in [-0.2, -0.15) is 0 Å². The summed E-state index contributed by atoms with van der Waals surface area (Å²) < 4.78 is 0. The highest BCUT2D eigenvalue weighted by atomic mass is 16.4. The average Bonchev–Trinajstić information content (AvgIpc) is 2.59. The predicted octanol–water partition coefficient (Wildman–Crippen LogP) is 2.92. The first-order chi connectivity index (χ1) is 12.5. The predicted molar refractivity (Wildman–Crippen MR) is 95.8 cm³/mol. The van der Waals surface area contributed by atoms with Crippen molar-refractivity contribution in [2.45, 2.75) is 25.7 Å². The number of carbonyl (C=O) groups excluding carboxylic acids is 2. The number of anilines is 2. The van der Waals surface area contributed by atoms with Crippen LogP contribution in [-0.2, 0) is 9.59 Å². The van der Waals surface area contributed by atoms with Crippen molar-refractivity contribution in [2.24, 2.45) is 5.41 Å². The van der Waals surface area contributed by atoms with E-state index in [0.29, 0.717) is 29.8 Å². The smallest absolute Gasteiger partial charge is 0.310 e. The first-order valence-corrected chi connectivity index (χ1v) is 8.33. The maximum atomic E-state index is 12.2. The summed E-state index contributed by atoms with van der Waals surface area (Å²) in [4.78, 5) is 39.6. The van der Waals surface area contributed by atoms with E-state index in [0.717, 1.165) is 6.42 Å². The molecule has 0 spiro atoms. The largest absolute Gasteiger partial charge is 0.481 e. The second-order valence-corrected chi connectivity index (χ2v) is 6.43. The third kappa shape index (κ3) is 3.88. The fourth-order valence-electron chi connectivity index (χ4n) is 2.96. The maximum absolute atomic E-state index is 12.2. The number of hydrogen-bond donors (Lipinski definition) is 3. The van der Waals surface area contributed by atoms with Crippen LogP contribution in [0.2, 0.25) is 0 Å². The summed E-state index contributed by atoms with van der Waals surface area (Å²) in [7, 11) is 0. The Balaban J connectivity index is 1.63. The molecular weight excluding hydrogens is 334 g/mol. The van der Waals surface area contributed by atoms with E-state index in [1.807, 2.05) is 0 Å². The maximum Gasteiger partial charge on any atom is 0.310 e. The van der Waals surface area contributed by atoms with Crippen LogP contribution in [0.1, 0.15) is 36.0 Å². The zero-order valence-electron chi connectivity index (χ0n) is 14.1. The van der Waals surface area contributed by atoms with E-state index >= 15 is 0 Å². The van der Waals surface area contributed by atoms with Gasteiger partial charge >= 0.3 is 5.97 Å². The molecule has 134 valence electrons. The number of benzene rings is 1. The molecule has 2 aromatic rings. The second-order valence-electron chi connectivity index (χ2n) is 6.43. The standard InChI is InChI=1S/C19H19N3O4/c23-16(12-19(18(25)26)7-2-8-19)21-14-3-1-4-15(11-14)22-17(24)13-5-9-20-10-6-13/h1,3-6,9-11H,2,7-8,12H2,(H,21,23)(H,22,24)(H,25,26). The number of hydrogen-bond acceptors (Lipinski definition) is 4. The fraction of sp³-hybridized carbons (Fsp3) is 0.263. The van der Waals surface area contributed by atoms with Gasteiger partial charge in [-0.25, -0.2) is 0 Å². The van der Waals surface area contributed by atoms with E-state index in [1.54, 1.807) is 36.4 Å². The summed E-state index contributed by atoms with van der Waals surface area (Å²) in [6, 6.07) is 9.93. The van der Waals surface area contributed by atoms with Crippen LogP contribution < -0.4 is 10.6 Å². The first-order valence-electron chi connectivity index (χ1n) is 8.33. The third-order valence-electron chi connectivity index (χ3n) is 4.61. The molecule has 1 heterocycles. The van der Waals surface area contributed by atoms with Crippen molar-refractivity contribution in [3.05, 3.63) is 54.4 Å². The minimum Gasteiger partial charge on any atom is -0.481 e. The molecule has 0 bridgehead atoms. The molecule has 7 heteroatoms. The Morgan fingerprint density at radius 1 is 1.04 bits per heavy atom. The molecule has 0 saturated heterocycles. The summed E-state index contributed by atoms with van der Waals surface area (Å²) in [6.45, 7) is 0. The number of pyridine rings is 1. The van der Waals surface area contributed by atoms with Crippen LogP contribution in [-0.4, -0.2) is 27.9 Å². The fourth-order valence-corrected chi connectivity index (χ4v) is 2.96. The topological polar surface area (TPSA) is 108 Å². The van der Waals surface area contributed by atoms with Gasteiger partial charge in [-0.1, -0.05) is 12.5 Å². The van der Waals surface area contributed by atoms with Gasteiger partial charge in [0.15, 0.2) is 0 Å². The van der Waals surface area contributed by atoms with Gasteiger partial charge in [0.1, 0.15) is 0 Å². The van der Waals surface area contributed by atoms with Crippen molar-refractivity contribution >= 4 is 29.2 Å². The van der Waals surface area contributed by atoms with Crippen LogP contribution >= 0.6 is 0 Å². The van der Waals surface area contributed by atoms with Crippen molar-refractivity contribution in [3.63, 3.8) is 0 Å². The molecule has 3 rings (SSSR count). The van der Waals surface area contributed by atoms with E-state index in [9.17, 15) is 19.5 Å². The number of rotatable bonds is 6. The van der Waals surface area contributed by atoms with Gasteiger partial charge in [0.25, 0.3) is 5.91 Å². The summed E-state index contributed by atoms with van der Waals surface area (Å²) in [5.41, 5.74) is 0.573. The highest BCUT2D eigenvalue weighted by molar-refractivity contribution is 6.04. The van der Waals surface area contributed by atoms with Gasteiger partial charge in [-0.05, 0) is 43.2 Å². The minimum absolute atomic E-state index is 0.0457. The molecule has 1 aromatic heterocycles. The molecule has 1 aliphatic rings. The monoisotopic (exact) mass is 353 g/mol. The number of nitrogens with one attached hydrogen (secondary N) is 2. The minimum atomic E-state index is -0.933.